The summed E-state index contributed by atoms with van der Waals surface area (Å²) in [6, 6.07) is 15.9. The molecule has 0 saturated heterocycles. The molecule has 0 N–H and O–H groups in total. The Morgan fingerprint density at radius 2 is 1.15 bits per heavy atom. The van der Waals surface area contributed by atoms with Crippen molar-refractivity contribution in [1.29, 1.82) is 0 Å². The van der Waals surface area contributed by atoms with Crippen LogP contribution in [0.1, 0.15) is 48.4 Å². The van der Waals surface area contributed by atoms with Crippen LogP contribution in [0, 0.1) is 0 Å². The molecular formula is C25H16N2O6. The van der Waals surface area contributed by atoms with Gasteiger partial charge in [-0.25, -0.2) is 4.90 Å². The quantitative estimate of drug-likeness (QED) is 0.352. The Balaban J connectivity index is 1.48. The molecule has 162 valence electrons. The van der Waals surface area contributed by atoms with Crippen LogP contribution >= 0.6 is 0 Å². The molecule has 33 heavy (non-hydrogen) atoms. The number of amides is 4. The minimum atomic E-state index is -0.482. The van der Waals surface area contributed by atoms with E-state index < -0.39 is 17.8 Å². The number of imide groups is 2. The number of fused-ring (bicyclic) bond motifs is 2. The molecule has 3 aromatic carbocycles. The standard InChI is InChI=1S/C25H16N2O6/c1-13(28)33-17-7-5-16(6-8-17)27-24(31)19-10-4-15(12-21(19)25(27)32)14-3-9-18-20(11-14)23(30)26(2)22(18)29/h3-12H,1-2H3. The normalized spacial score (nSPS) is 14.6. The lowest BCUT2D eigenvalue weighted by Gasteiger charge is -2.14. The first kappa shape index (κ1) is 20.3. The zero-order valence-corrected chi connectivity index (χ0v) is 17.6. The molecular weight excluding hydrogens is 424 g/mol. The van der Waals surface area contributed by atoms with Gasteiger partial charge in [-0.2, -0.15) is 0 Å². The predicted molar refractivity (Wildman–Crippen MR) is 117 cm³/mol. The van der Waals surface area contributed by atoms with Gasteiger partial charge < -0.3 is 4.74 Å². The van der Waals surface area contributed by atoms with E-state index in [-0.39, 0.29) is 22.9 Å². The molecule has 0 aromatic heterocycles. The number of hydrogen-bond acceptors (Lipinski definition) is 6. The summed E-state index contributed by atoms with van der Waals surface area (Å²) in [4.78, 5) is 63.7. The van der Waals surface area contributed by atoms with Crippen LogP contribution in [0.4, 0.5) is 5.69 Å². The van der Waals surface area contributed by atoms with Gasteiger partial charge in [-0.3, -0.25) is 28.9 Å². The first-order chi connectivity index (χ1) is 15.8. The number of benzene rings is 3. The van der Waals surface area contributed by atoms with Crippen LogP contribution in [0.3, 0.4) is 0 Å². The highest BCUT2D eigenvalue weighted by atomic mass is 16.5. The summed E-state index contributed by atoms with van der Waals surface area (Å²) in [5.41, 5.74) is 2.78. The van der Waals surface area contributed by atoms with Gasteiger partial charge in [0.1, 0.15) is 5.75 Å². The maximum absolute atomic E-state index is 13.1. The number of nitrogens with zero attached hydrogens (tertiary/aromatic N) is 2. The Morgan fingerprint density at radius 1 is 0.667 bits per heavy atom. The summed E-state index contributed by atoms with van der Waals surface area (Å²) in [5.74, 6) is -1.85. The molecule has 4 amide bonds. The molecule has 8 heteroatoms. The van der Waals surface area contributed by atoms with E-state index >= 15 is 0 Å². The Bertz CT molecular complexity index is 1410. The van der Waals surface area contributed by atoms with Gasteiger partial charge in [-0.15, -0.1) is 0 Å². The van der Waals surface area contributed by atoms with E-state index in [0.717, 1.165) is 9.80 Å². The summed E-state index contributed by atoms with van der Waals surface area (Å²) < 4.78 is 4.99. The molecule has 0 radical (unpaired) electrons. The third-order valence-corrected chi connectivity index (χ3v) is 5.67. The maximum atomic E-state index is 13.1. The van der Waals surface area contributed by atoms with Crippen LogP contribution < -0.4 is 9.64 Å². The van der Waals surface area contributed by atoms with Crippen LogP contribution in [0.25, 0.3) is 11.1 Å². The number of rotatable bonds is 3. The van der Waals surface area contributed by atoms with Crippen molar-refractivity contribution in [1.82, 2.24) is 4.90 Å². The Kier molecular flexibility index (Phi) is 4.45. The van der Waals surface area contributed by atoms with Crippen molar-refractivity contribution in [3.05, 3.63) is 82.9 Å². The summed E-state index contributed by atoms with van der Waals surface area (Å²) in [5, 5.41) is 0. The monoisotopic (exact) mass is 440 g/mol. The van der Waals surface area contributed by atoms with Crippen molar-refractivity contribution in [2.75, 3.05) is 11.9 Å². The molecule has 3 aromatic rings. The molecule has 0 bridgehead atoms. The second-order valence-electron chi connectivity index (χ2n) is 7.72. The SMILES string of the molecule is CC(=O)Oc1ccc(N2C(=O)c3ccc(-c4ccc5c(c4)C(=O)N(C)C5=O)cc3C2=O)cc1. The number of hydrogen-bond donors (Lipinski definition) is 0. The van der Waals surface area contributed by atoms with Crippen LogP contribution in [0.2, 0.25) is 0 Å². The molecule has 0 unspecified atom stereocenters. The van der Waals surface area contributed by atoms with Gasteiger partial charge in [0, 0.05) is 14.0 Å². The fraction of sp³-hybridized carbons (Fsp3) is 0.0800. The number of carbonyl (C=O) groups excluding carboxylic acids is 5. The molecule has 2 aliphatic heterocycles. The van der Waals surface area contributed by atoms with Gasteiger partial charge in [-0.1, -0.05) is 12.1 Å². The zero-order chi connectivity index (χ0) is 23.4. The fourth-order valence-corrected chi connectivity index (χ4v) is 4.02. The van der Waals surface area contributed by atoms with E-state index in [2.05, 4.69) is 0 Å². The fourth-order valence-electron chi connectivity index (χ4n) is 4.02. The van der Waals surface area contributed by atoms with E-state index in [4.69, 9.17) is 4.74 Å². The zero-order valence-electron chi connectivity index (χ0n) is 17.6. The third-order valence-electron chi connectivity index (χ3n) is 5.67. The van der Waals surface area contributed by atoms with E-state index in [1.165, 1.54) is 38.2 Å². The van der Waals surface area contributed by atoms with Crippen LogP contribution in [-0.2, 0) is 4.79 Å². The number of esters is 1. The summed E-state index contributed by atoms with van der Waals surface area (Å²) in [6.07, 6.45) is 0. The third kappa shape index (κ3) is 3.11. The summed E-state index contributed by atoms with van der Waals surface area (Å²) in [6.45, 7) is 1.28. The van der Waals surface area contributed by atoms with Crippen molar-refractivity contribution >= 4 is 35.3 Å². The topological polar surface area (TPSA) is 101 Å². The molecule has 5 rings (SSSR count). The number of carbonyl (C=O) groups is 5. The average Bonchev–Trinajstić information content (AvgIpc) is 3.18. The Hall–Kier alpha value is -4.59. The summed E-state index contributed by atoms with van der Waals surface area (Å²) in [7, 11) is 1.43. The Labute approximate surface area is 188 Å². The molecule has 2 aliphatic rings. The highest BCUT2D eigenvalue weighted by molar-refractivity contribution is 6.34. The van der Waals surface area contributed by atoms with Gasteiger partial charge in [-0.05, 0) is 59.7 Å². The second kappa shape index (κ2) is 7.23. The van der Waals surface area contributed by atoms with Gasteiger partial charge in [0.2, 0.25) is 0 Å². The van der Waals surface area contributed by atoms with Crippen molar-refractivity contribution in [2.45, 2.75) is 6.92 Å². The van der Waals surface area contributed by atoms with Gasteiger partial charge in [0.15, 0.2) is 0 Å². The van der Waals surface area contributed by atoms with Gasteiger partial charge in [0.05, 0.1) is 27.9 Å². The van der Waals surface area contributed by atoms with E-state index in [1.807, 2.05) is 0 Å². The molecule has 0 spiro atoms. The smallest absolute Gasteiger partial charge is 0.308 e. The van der Waals surface area contributed by atoms with Gasteiger partial charge >= 0.3 is 5.97 Å². The van der Waals surface area contributed by atoms with Crippen LogP contribution in [-0.4, -0.2) is 41.5 Å². The lowest BCUT2D eigenvalue weighted by atomic mass is 9.97. The second-order valence-corrected chi connectivity index (χ2v) is 7.72. The van der Waals surface area contributed by atoms with Crippen LogP contribution in [0.15, 0.2) is 60.7 Å². The molecule has 0 aliphatic carbocycles. The summed E-state index contributed by atoms with van der Waals surface area (Å²) >= 11 is 0. The van der Waals surface area contributed by atoms with Crippen LogP contribution in [0.5, 0.6) is 5.75 Å². The van der Waals surface area contributed by atoms with Gasteiger partial charge in [0.25, 0.3) is 23.6 Å². The molecule has 0 saturated carbocycles. The first-order valence-electron chi connectivity index (χ1n) is 10.0. The van der Waals surface area contributed by atoms with Crippen molar-refractivity contribution in [3.63, 3.8) is 0 Å². The largest absolute Gasteiger partial charge is 0.427 e. The number of ether oxygens (including phenoxy) is 1. The minimum Gasteiger partial charge on any atom is -0.427 e. The van der Waals surface area contributed by atoms with E-state index in [1.54, 1.807) is 36.4 Å². The van der Waals surface area contributed by atoms with Crippen molar-refractivity contribution < 1.29 is 28.7 Å². The molecule has 0 fully saturated rings. The molecule has 0 atom stereocenters. The minimum absolute atomic E-state index is 0.238. The van der Waals surface area contributed by atoms with Crippen molar-refractivity contribution in [2.24, 2.45) is 0 Å². The Morgan fingerprint density at radius 3 is 1.73 bits per heavy atom. The lowest BCUT2D eigenvalue weighted by molar-refractivity contribution is -0.131. The lowest BCUT2D eigenvalue weighted by Crippen LogP contribution is -2.29. The molecule has 8 nitrogen and oxygen atoms in total. The average molecular weight is 440 g/mol. The predicted octanol–water partition coefficient (Wildman–Crippen LogP) is 3.31. The van der Waals surface area contributed by atoms with E-state index in [0.29, 0.717) is 33.7 Å². The highest BCUT2D eigenvalue weighted by Crippen LogP contribution is 2.34. The number of anilines is 1. The maximum Gasteiger partial charge on any atom is 0.308 e. The molecule has 2 heterocycles. The highest BCUT2D eigenvalue weighted by Gasteiger charge is 2.37. The van der Waals surface area contributed by atoms with Crippen molar-refractivity contribution in [3.8, 4) is 16.9 Å². The van der Waals surface area contributed by atoms with E-state index in [9.17, 15) is 24.0 Å². The first-order valence-corrected chi connectivity index (χ1v) is 10.0.